The van der Waals surface area contributed by atoms with Crippen LogP contribution in [0.2, 0.25) is 0 Å². The van der Waals surface area contributed by atoms with Crippen molar-refractivity contribution in [3.63, 3.8) is 0 Å². The Morgan fingerprint density at radius 3 is 2.74 bits per heavy atom. The summed E-state index contributed by atoms with van der Waals surface area (Å²) in [4.78, 5) is 25.3. The zero-order valence-electron chi connectivity index (χ0n) is 12.2. The number of ketones is 1. The van der Waals surface area contributed by atoms with Crippen LogP contribution in [0, 0.1) is 5.82 Å². The first-order chi connectivity index (χ1) is 11.1. The summed E-state index contributed by atoms with van der Waals surface area (Å²) in [7, 11) is 0. The van der Waals surface area contributed by atoms with Gasteiger partial charge in [-0.1, -0.05) is 30.3 Å². The van der Waals surface area contributed by atoms with Crippen LogP contribution in [0.5, 0.6) is 0 Å². The summed E-state index contributed by atoms with van der Waals surface area (Å²) >= 11 is 0. The number of ether oxygens (including phenoxy) is 1. The van der Waals surface area contributed by atoms with E-state index in [-0.39, 0.29) is 11.6 Å². The Balaban J connectivity index is 1.78. The summed E-state index contributed by atoms with van der Waals surface area (Å²) < 4.78 is 18.0. The van der Waals surface area contributed by atoms with E-state index in [4.69, 9.17) is 4.74 Å². The molecule has 3 rings (SSSR count). The van der Waals surface area contributed by atoms with Gasteiger partial charge in [0, 0.05) is 11.3 Å². The molecule has 1 aliphatic heterocycles. The molecule has 0 spiro atoms. The summed E-state index contributed by atoms with van der Waals surface area (Å²) in [5, 5.41) is 0. The van der Waals surface area contributed by atoms with Crippen molar-refractivity contribution in [3.05, 3.63) is 71.6 Å². The molecular weight excluding hydrogens is 297 g/mol. The van der Waals surface area contributed by atoms with E-state index in [2.05, 4.69) is 0 Å². The average molecular weight is 311 g/mol. The monoisotopic (exact) mass is 311 g/mol. The highest BCUT2D eigenvalue weighted by molar-refractivity contribution is 6.07. The number of amides is 1. The zero-order chi connectivity index (χ0) is 16.2. The van der Waals surface area contributed by atoms with Crippen LogP contribution in [0.4, 0.5) is 14.9 Å². The number of rotatable bonds is 4. The van der Waals surface area contributed by atoms with E-state index >= 15 is 0 Å². The van der Waals surface area contributed by atoms with E-state index in [9.17, 15) is 14.0 Å². The standard InChI is InChI=1S/C18H14FNO3/c19-15-5-1-3-13(11-15)7-8-17(21)14-4-2-6-16(12-14)20-9-10-23-18(20)22/h1-8,11-12H,9-10H2. The van der Waals surface area contributed by atoms with Crippen LogP contribution in [-0.2, 0) is 4.74 Å². The van der Waals surface area contributed by atoms with Crippen molar-refractivity contribution in [2.24, 2.45) is 0 Å². The molecule has 0 radical (unpaired) electrons. The van der Waals surface area contributed by atoms with Crippen molar-refractivity contribution in [2.45, 2.75) is 0 Å². The van der Waals surface area contributed by atoms with Gasteiger partial charge in [-0.2, -0.15) is 0 Å². The minimum Gasteiger partial charge on any atom is -0.447 e. The maximum absolute atomic E-state index is 13.1. The number of hydrogen-bond acceptors (Lipinski definition) is 3. The minimum absolute atomic E-state index is 0.219. The van der Waals surface area contributed by atoms with Gasteiger partial charge in [0.2, 0.25) is 0 Å². The minimum atomic E-state index is -0.412. The van der Waals surface area contributed by atoms with Crippen LogP contribution >= 0.6 is 0 Å². The smallest absolute Gasteiger partial charge is 0.414 e. The van der Waals surface area contributed by atoms with Gasteiger partial charge in [0.25, 0.3) is 0 Å². The molecule has 1 heterocycles. The molecule has 23 heavy (non-hydrogen) atoms. The van der Waals surface area contributed by atoms with Gasteiger partial charge in [-0.15, -0.1) is 0 Å². The Kier molecular flexibility index (Phi) is 4.19. The van der Waals surface area contributed by atoms with Crippen LogP contribution in [-0.4, -0.2) is 25.0 Å². The third-order valence-electron chi connectivity index (χ3n) is 3.48. The van der Waals surface area contributed by atoms with E-state index in [0.717, 1.165) is 0 Å². The van der Waals surface area contributed by atoms with Crippen LogP contribution in [0.3, 0.4) is 0 Å². The number of nitrogens with zero attached hydrogens (tertiary/aromatic N) is 1. The van der Waals surface area contributed by atoms with Crippen molar-refractivity contribution in [1.82, 2.24) is 0 Å². The van der Waals surface area contributed by atoms with E-state index in [1.54, 1.807) is 42.5 Å². The third kappa shape index (κ3) is 3.45. The second-order valence-electron chi connectivity index (χ2n) is 5.07. The number of hydrogen-bond donors (Lipinski definition) is 0. The highest BCUT2D eigenvalue weighted by Gasteiger charge is 2.23. The fraction of sp³-hybridized carbons (Fsp3) is 0.111. The molecule has 116 valence electrons. The molecule has 0 aromatic heterocycles. The molecule has 0 unspecified atom stereocenters. The van der Waals surface area contributed by atoms with E-state index in [0.29, 0.717) is 30.0 Å². The number of anilines is 1. The second-order valence-corrected chi connectivity index (χ2v) is 5.07. The van der Waals surface area contributed by atoms with Gasteiger partial charge >= 0.3 is 6.09 Å². The Morgan fingerprint density at radius 2 is 2.00 bits per heavy atom. The fourth-order valence-electron chi connectivity index (χ4n) is 2.33. The summed E-state index contributed by atoms with van der Waals surface area (Å²) in [6.45, 7) is 0.812. The summed E-state index contributed by atoms with van der Waals surface area (Å²) in [5.41, 5.74) is 1.69. The summed E-state index contributed by atoms with van der Waals surface area (Å²) in [5.74, 6) is -0.571. The molecule has 0 bridgehead atoms. The molecule has 5 heteroatoms. The van der Waals surface area contributed by atoms with E-state index in [1.807, 2.05) is 0 Å². The lowest BCUT2D eigenvalue weighted by molar-refractivity contribution is 0.104. The largest absolute Gasteiger partial charge is 0.447 e. The van der Waals surface area contributed by atoms with Gasteiger partial charge in [-0.25, -0.2) is 9.18 Å². The lowest BCUT2D eigenvalue weighted by Crippen LogP contribution is -2.23. The Bertz CT molecular complexity index is 785. The molecule has 0 aliphatic carbocycles. The van der Waals surface area contributed by atoms with Gasteiger partial charge in [-0.05, 0) is 35.9 Å². The van der Waals surface area contributed by atoms with Crippen molar-refractivity contribution in [1.29, 1.82) is 0 Å². The molecule has 2 aromatic rings. The second kappa shape index (κ2) is 6.44. The van der Waals surface area contributed by atoms with Crippen LogP contribution < -0.4 is 4.90 Å². The van der Waals surface area contributed by atoms with Crippen molar-refractivity contribution in [2.75, 3.05) is 18.1 Å². The lowest BCUT2D eigenvalue weighted by Gasteiger charge is -2.13. The molecule has 1 amide bonds. The molecule has 0 saturated carbocycles. The van der Waals surface area contributed by atoms with Gasteiger partial charge in [0.1, 0.15) is 12.4 Å². The topological polar surface area (TPSA) is 46.6 Å². The molecule has 4 nitrogen and oxygen atoms in total. The molecule has 2 aromatic carbocycles. The third-order valence-corrected chi connectivity index (χ3v) is 3.48. The molecule has 1 fully saturated rings. The highest BCUT2D eigenvalue weighted by Crippen LogP contribution is 2.20. The van der Waals surface area contributed by atoms with E-state index < -0.39 is 6.09 Å². The van der Waals surface area contributed by atoms with Gasteiger partial charge in [0.15, 0.2) is 5.78 Å². The summed E-state index contributed by atoms with van der Waals surface area (Å²) in [6, 6.07) is 12.8. The Hall–Kier alpha value is -2.95. The van der Waals surface area contributed by atoms with Crippen LogP contribution in [0.15, 0.2) is 54.6 Å². The van der Waals surface area contributed by atoms with E-state index in [1.165, 1.54) is 23.1 Å². The number of carbonyl (C=O) groups excluding carboxylic acids is 2. The summed E-state index contributed by atoms with van der Waals surface area (Å²) in [6.07, 6.45) is 2.53. The average Bonchev–Trinajstić information content (AvgIpc) is 2.99. The van der Waals surface area contributed by atoms with Gasteiger partial charge < -0.3 is 4.74 Å². The normalized spacial score (nSPS) is 14.3. The SMILES string of the molecule is O=C(C=Cc1cccc(F)c1)c1cccc(N2CCOC2=O)c1. The van der Waals surface area contributed by atoms with Crippen molar-refractivity contribution >= 4 is 23.6 Å². The molecule has 0 N–H and O–H groups in total. The van der Waals surface area contributed by atoms with Crippen molar-refractivity contribution < 1.29 is 18.7 Å². The van der Waals surface area contributed by atoms with Gasteiger partial charge in [-0.3, -0.25) is 9.69 Å². The van der Waals surface area contributed by atoms with Crippen LogP contribution in [0.1, 0.15) is 15.9 Å². The lowest BCUT2D eigenvalue weighted by atomic mass is 10.1. The Labute approximate surface area is 132 Å². The molecule has 1 saturated heterocycles. The first-order valence-corrected chi connectivity index (χ1v) is 7.16. The van der Waals surface area contributed by atoms with Crippen molar-refractivity contribution in [3.8, 4) is 0 Å². The maximum atomic E-state index is 13.1. The number of carbonyl (C=O) groups is 2. The number of halogens is 1. The maximum Gasteiger partial charge on any atom is 0.414 e. The number of cyclic esters (lactones) is 1. The molecule has 0 atom stereocenters. The molecular formula is C18H14FNO3. The van der Waals surface area contributed by atoms with Gasteiger partial charge in [0.05, 0.1) is 6.54 Å². The predicted octanol–water partition coefficient (Wildman–Crippen LogP) is 3.68. The molecule has 1 aliphatic rings. The zero-order valence-corrected chi connectivity index (χ0v) is 12.2. The fourth-order valence-corrected chi connectivity index (χ4v) is 2.33. The quantitative estimate of drug-likeness (QED) is 0.639. The Morgan fingerprint density at radius 1 is 1.17 bits per heavy atom. The number of benzene rings is 2. The van der Waals surface area contributed by atoms with Crippen LogP contribution in [0.25, 0.3) is 6.08 Å². The first-order valence-electron chi connectivity index (χ1n) is 7.16. The highest BCUT2D eigenvalue weighted by atomic mass is 19.1. The first kappa shape index (κ1) is 15.0. The predicted molar refractivity (Wildman–Crippen MR) is 84.9 cm³/mol. The number of allylic oxidation sites excluding steroid dienone is 1.